The highest BCUT2D eigenvalue weighted by Crippen LogP contribution is 2.57. The Hall–Kier alpha value is -0.730. The molecule has 1 atom stereocenters. The lowest BCUT2D eigenvalue weighted by Crippen LogP contribution is -2.34. The number of nitrogens with one attached hydrogen (secondary N) is 1. The van der Waals surface area contributed by atoms with Crippen LogP contribution in [0.25, 0.3) is 0 Å². The van der Waals surface area contributed by atoms with Gasteiger partial charge in [-0.15, -0.1) is 11.8 Å². The second kappa shape index (κ2) is 12.8. The highest BCUT2D eigenvalue weighted by molar-refractivity contribution is 8.17. The van der Waals surface area contributed by atoms with Gasteiger partial charge in [0.1, 0.15) is 10.8 Å². The molecule has 0 bridgehead atoms. The van der Waals surface area contributed by atoms with Crippen LogP contribution in [0.15, 0.2) is 35.5 Å². The van der Waals surface area contributed by atoms with Crippen molar-refractivity contribution in [1.82, 2.24) is 9.39 Å². The lowest BCUT2D eigenvalue weighted by molar-refractivity contribution is 0.153. The first kappa shape index (κ1) is 24.5. The van der Waals surface area contributed by atoms with E-state index in [-0.39, 0.29) is 0 Å². The van der Waals surface area contributed by atoms with Crippen molar-refractivity contribution < 1.29 is 14.2 Å². The van der Waals surface area contributed by atoms with E-state index in [1.807, 2.05) is 36.6 Å². The Morgan fingerprint density at radius 3 is 2.62 bits per heavy atom. The average Bonchev–Trinajstić information content (AvgIpc) is 2.76. The Balaban J connectivity index is 2.05. The third-order valence-corrected chi connectivity index (χ3v) is 11.2. The molecule has 10 heteroatoms. The molecule has 0 radical (unpaired) electrons. The number of nitrogens with zero attached hydrogens (tertiary/aromatic N) is 2. The third-order valence-electron chi connectivity index (χ3n) is 4.54. The van der Waals surface area contributed by atoms with Crippen molar-refractivity contribution in [1.29, 1.82) is 0 Å². The van der Waals surface area contributed by atoms with Gasteiger partial charge in [-0.05, 0) is 61.9 Å². The second-order valence-electron chi connectivity index (χ2n) is 6.60. The van der Waals surface area contributed by atoms with E-state index in [1.165, 1.54) is 43.0 Å². The molecule has 0 spiro atoms. The molecule has 1 aromatic carbocycles. The maximum Gasteiger partial charge on any atom is 0.434 e. The Kier molecular flexibility index (Phi) is 10.9. The van der Waals surface area contributed by atoms with Gasteiger partial charge in [0.25, 0.3) is 0 Å². The summed E-state index contributed by atoms with van der Waals surface area (Å²) in [6.07, 6.45) is 5.64. The summed E-state index contributed by atoms with van der Waals surface area (Å²) in [6.45, 7) is 3.87. The molecule has 1 aliphatic carbocycles. The van der Waals surface area contributed by atoms with Gasteiger partial charge in [0.15, 0.2) is 6.42 Å². The largest absolute Gasteiger partial charge is 0.452 e. The standard InChI is InChI=1S/C19H30N3O3PS3/c1-4-26(27,25-18-13-9-6-10-14-18)22(17-11-7-5-8-12-17)29-15-20-19(23)24-21-16(2)28-3/h6,9-10,13-14,17H,4-5,7-8,11-12,15H2,1-3H3,(H,20,23)/b21-16+. The van der Waals surface area contributed by atoms with E-state index in [0.717, 1.165) is 24.8 Å². The molecule has 1 unspecified atom stereocenters. The maximum atomic E-state index is 11.9. The quantitative estimate of drug-likeness (QED) is 0.0886. The predicted octanol–water partition coefficient (Wildman–Crippen LogP) is 6.06. The van der Waals surface area contributed by atoms with E-state index < -0.39 is 12.5 Å². The Morgan fingerprint density at radius 2 is 2.00 bits per heavy atom. The average molecular weight is 476 g/mol. The molecule has 0 aliphatic heterocycles. The van der Waals surface area contributed by atoms with Gasteiger partial charge in [0.05, 0.1) is 5.88 Å². The van der Waals surface area contributed by atoms with Crippen LogP contribution in [0.3, 0.4) is 0 Å². The van der Waals surface area contributed by atoms with Gasteiger partial charge in [-0.2, -0.15) is 4.08 Å². The fraction of sp³-hybridized carbons (Fsp3) is 0.579. The normalized spacial score (nSPS) is 17.6. The minimum absolute atomic E-state index is 0.359. The monoisotopic (exact) mass is 475 g/mol. The number of rotatable bonds is 9. The summed E-state index contributed by atoms with van der Waals surface area (Å²) >= 11 is 9.06. The Bertz CT molecular complexity index is 715. The summed E-state index contributed by atoms with van der Waals surface area (Å²) in [7, 11) is 0. The molecule has 1 aliphatic rings. The summed E-state index contributed by atoms with van der Waals surface area (Å²) in [5, 5.41) is 7.20. The molecule has 6 nitrogen and oxygen atoms in total. The fourth-order valence-corrected chi connectivity index (χ4v) is 7.89. The molecule has 0 saturated heterocycles. The molecular weight excluding hydrogens is 445 g/mol. The minimum Gasteiger partial charge on any atom is -0.452 e. The van der Waals surface area contributed by atoms with E-state index in [1.54, 1.807) is 6.92 Å². The van der Waals surface area contributed by atoms with Crippen molar-refractivity contribution in [2.75, 3.05) is 18.3 Å². The van der Waals surface area contributed by atoms with Gasteiger partial charge in [-0.25, -0.2) is 4.79 Å². The van der Waals surface area contributed by atoms with Gasteiger partial charge >= 0.3 is 6.09 Å². The van der Waals surface area contributed by atoms with E-state index in [2.05, 4.69) is 21.5 Å². The number of hydrogen-bond donors (Lipinski definition) is 1. The third kappa shape index (κ3) is 8.13. The van der Waals surface area contributed by atoms with Crippen LogP contribution in [0.2, 0.25) is 0 Å². The van der Waals surface area contributed by atoms with Crippen LogP contribution in [-0.4, -0.2) is 39.5 Å². The van der Waals surface area contributed by atoms with Crippen molar-refractivity contribution in [3.05, 3.63) is 30.3 Å². The minimum atomic E-state index is -2.29. The number of oxime groups is 1. The van der Waals surface area contributed by atoms with Gasteiger partial charge in [0.2, 0.25) is 0 Å². The predicted molar refractivity (Wildman–Crippen MR) is 129 cm³/mol. The van der Waals surface area contributed by atoms with E-state index >= 15 is 0 Å². The van der Waals surface area contributed by atoms with Crippen LogP contribution in [0.4, 0.5) is 4.79 Å². The molecule has 29 heavy (non-hydrogen) atoms. The van der Waals surface area contributed by atoms with Crippen LogP contribution in [0.5, 0.6) is 5.75 Å². The lowest BCUT2D eigenvalue weighted by Gasteiger charge is -2.40. The number of hydrogen-bond acceptors (Lipinski definition) is 7. The zero-order valence-corrected chi connectivity index (χ0v) is 20.5. The Labute approximate surface area is 187 Å². The first-order valence-electron chi connectivity index (χ1n) is 9.78. The van der Waals surface area contributed by atoms with Gasteiger partial charge < -0.3 is 9.84 Å². The summed E-state index contributed by atoms with van der Waals surface area (Å²) in [6, 6.07) is 10.1. The fourth-order valence-electron chi connectivity index (χ4n) is 2.97. The zero-order chi connectivity index (χ0) is 21.1. The lowest BCUT2D eigenvalue weighted by atomic mass is 9.96. The van der Waals surface area contributed by atoms with Gasteiger partial charge in [-0.3, -0.25) is 4.84 Å². The van der Waals surface area contributed by atoms with Crippen molar-refractivity contribution in [2.45, 2.75) is 52.0 Å². The number of amides is 1. The number of carbonyl (C=O) groups excluding carboxylic acids is 1. The van der Waals surface area contributed by atoms with Crippen LogP contribution in [0, 0.1) is 0 Å². The molecule has 1 fully saturated rings. The zero-order valence-electron chi connectivity index (χ0n) is 17.2. The molecule has 1 aromatic rings. The summed E-state index contributed by atoms with van der Waals surface area (Å²) in [4.78, 5) is 16.8. The second-order valence-corrected chi connectivity index (χ2v) is 13.0. The molecule has 1 amide bonds. The van der Waals surface area contributed by atoms with Crippen LogP contribution >= 0.6 is 30.1 Å². The topological polar surface area (TPSA) is 63.2 Å². The summed E-state index contributed by atoms with van der Waals surface area (Å²) < 4.78 is 8.65. The Morgan fingerprint density at radius 1 is 1.31 bits per heavy atom. The van der Waals surface area contributed by atoms with E-state index in [4.69, 9.17) is 21.2 Å². The first-order chi connectivity index (χ1) is 14.0. The smallest absolute Gasteiger partial charge is 0.434 e. The van der Waals surface area contributed by atoms with Crippen molar-refractivity contribution in [3.63, 3.8) is 0 Å². The highest BCUT2D eigenvalue weighted by atomic mass is 32.5. The SMILES string of the molecule is CCP(=S)(Oc1ccccc1)N(SCNC(=O)O/N=C(\C)SC)C1CCCCC1. The van der Waals surface area contributed by atoms with E-state index in [9.17, 15) is 4.79 Å². The molecule has 162 valence electrons. The van der Waals surface area contributed by atoms with Crippen LogP contribution in [0.1, 0.15) is 46.0 Å². The number of benzene rings is 1. The summed E-state index contributed by atoms with van der Waals surface area (Å²) in [5.41, 5.74) is 0. The number of carbonyl (C=O) groups is 1. The van der Waals surface area contributed by atoms with Crippen molar-refractivity contribution >= 4 is 53.1 Å². The first-order valence-corrected chi connectivity index (χ1v) is 14.8. The van der Waals surface area contributed by atoms with Crippen LogP contribution < -0.4 is 9.84 Å². The molecule has 1 N–H and O–H groups in total. The molecular formula is C19H30N3O3PS3. The molecule has 0 aromatic heterocycles. The summed E-state index contributed by atoms with van der Waals surface area (Å²) in [5.74, 6) is 1.16. The van der Waals surface area contributed by atoms with Crippen molar-refractivity contribution in [3.8, 4) is 5.75 Å². The number of thioether (sulfide) groups is 1. The van der Waals surface area contributed by atoms with Gasteiger partial charge in [0, 0.05) is 12.2 Å². The van der Waals surface area contributed by atoms with Gasteiger partial charge in [-0.1, -0.05) is 49.5 Å². The highest BCUT2D eigenvalue weighted by Gasteiger charge is 2.34. The number of para-hydroxylation sites is 1. The molecule has 0 heterocycles. The van der Waals surface area contributed by atoms with Crippen molar-refractivity contribution in [2.24, 2.45) is 5.16 Å². The maximum absolute atomic E-state index is 11.9. The van der Waals surface area contributed by atoms with E-state index in [0.29, 0.717) is 17.0 Å². The van der Waals surface area contributed by atoms with Crippen LogP contribution in [-0.2, 0) is 16.6 Å². The molecule has 2 rings (SSSR count). The molecule has 1 saturated carbocycles.